The van der Waals surface area contributed by atoms with Crippen LogP contribution in [0.25, 0.3) is 0 Å². The van der Waals surface area contributed by atoms with Crippen LogP contribution >= 0.6 is 15.9 Å². The van der Waals surface area contributed by atoms with E-state index in [1.165, 1.54) is 12.1 Å². The van der Waals surface area contributed by atoms with E-state index in [-0.39, 0.29) is 37.0 Å². The smallest absolute Gasteiger partial charge is 0.243 e. The molecule has 2 aromatic carbocycles. The minimum absolute atomic E-state index is 0.0312. The molecular weight excluding hydrogens is 417 g/mol. The first-order valence-electron chi connectivity index (χ1n) is 8.32. The summed E-state index contributed by atoms with van der Waals surface area (Å²) in [6.45, 7) is -0.0397. The van der Waals surface area contributed by atoms with Crippen molar-refractivity contribution in [2.24, 2.45) is 5.92 Å². The van der Waals surface area contributed by atoms with E-state index < -0.39 is 17.6 Å². The number of hydrogen-bond donors (Lipinski definition) is 2. The quantitative estimate of drug-likeness (QED) is 0.760. The van der Waals surface area contributed by atoms with Gasteiger partial charge < -0.3 is 15.5 Å². The summed E-state index contributed by atoms with van der Waals surface area (Å²) in [5.74, 6) is -2.18. The highest BCUT2D eigenvalue weighted by molar-refractivity contribution is 9.10. The molecule has 0 aliphatic carbocycles. The molecule has 2 N–H and O–H groups in total. The molecule has 0 spiro atoms. The number of rotatable bonds is 5. The lowest BCUT2D eigenvalue weighted by molar-refractivity contribution is -0.127. The van der Waals surface area contributed by atoms with Crippen molar-refractivity contribution < 1.29 is 18.8 Å². The van der Waals surface area contributed by atoms with Gasteiger partial charge in [-0.3, -0.25) is 14.4 Å². The van der Waals surface area contributed by atoms with Gasteiger partial charge in [0.15, 0.2) is 0 Å². The number of benzene rings is 2. The molecule has 1 heterocycles. The fourth-order valence-corrected chi connectivity index (χ4v) is 3.17. The Morgan fingerprint density at radius 3 is 2.63 bits per heavy atom. The Morgan fingerprint density at radius 2 is 1.93 bits per heavy atom. The summed E-state index contributed by atoms with van der Waals surface area (Å²) in [7, 11) is 0. The highest BCUT2D eigenvalue weighted by Gasteiger charge is 2.35. The van der Waals surface area contributed by atoms with Gasteiger partial charge >= 0.3 is 0 Å². The topological polar surface area (TPSA) is 78.5 Å². The second-order valence-electron chi connectivity index (χ2n) is 6.13. The predicted octanol–water partition coefficient (Wildman–Crippen LogP) is 2.70. The third-order valence-electron chi connectivity index (χ3n) is 4.19. The molecule has 2 aromatic rings. The van der Waals surface area contributed by atoms with Crippen LogP contribution in [0.5, 0.6) is 0 Å². The van der Waals surface area contributed by atoms with Gasteiger partial charge in [-0.1, -0.05) is 34.1 Å². The number of carbonyl (C=O) groups is 3. The van der Waals surface area contributed by atoms with Gasteiger partial charge in [-0.2, -0.15) is 0 Å². The van der Waals surface area contributed by atoms with Crippen LogP contribution in [0.1, 0.15) is 6.42 Å². The van der Waals surface area contributed by atoms with Crippen LogP contribution in [0, 0.1) is 11.7 Å². The zero-order valence-electron chi connectivity index (χ0n) is 14.2. The van der Waals surface area contributed by atoms with E-state index in [9.17, 15) is 18.8 Å². The lowest BCUT2D eigenvalue weighted by Gasteiger charge is -2.16. The van der Waals surface area contributed by atoms with Crippen LogP contribution in [-0.2, 0) is 14.4 Å². The molecule has 0 unspecified atom stereocenters. The van der Waals surface area contributed by atoms with Gasteiger partial charge in [0.2, 0.25) is 17.7 Å². The molecule has 0 bridgehead atoms. The Bertz CT molecular complexity index is 876. The number of nitrogens with one attached hydrogen (secondary N) is 2. The number of para-hydroxylation sites is 1. The second kappa shape index (κ2) is 8.30. The number of amides is 3. The Labute approximate surface area is 163 Å². The number of carbonyl (C=O) groups excluding carboxylic acids is 3. The van der Waals surface area contributed by atoms with Gasteiger partial charge in [0.25, 0.3) is 0 Å². The maximum atomic E-state index is 13.7. The fourth-order valence-electron chi connectivity index (χ4n) is 2.84. The van der Waals surface area contributed by atoms with Crippen LogP contribution < -0.4 is 15.5 Å². The number of halogens is 2. The minimum Gasteiger partial charge on any atom is -0.347 e. The van der Waals surface area contributed by atoms with Crippen molar-refractivity contribution in [2.75, 3.05) is 23.3 Å². The Balaban J connectivity index is 1.52. The van der Waals surface area contributed by atoms with E-state index >= 15 is 0 Å². The normalized spacial score (nSPS) is 16.3. The zero-order valence-corrected chi connectivity index (χ0v) is 15.8. The van der Waals surface area contributed by atoms with Crippen molar-refractivity contribution in [2.45, 2.75) is 6.42 Å². The lowest BCUT2D eigenvalue weighted by Crippen LogP contribution is -2.38. The first kappa shape index (κ1) is 19.0. The Hall–Kier alpha value is -2.74. The lowest BCUT2D eigenvalue weighted by atomic mass is 10.1. The summed E-state index contributed by atoms with van der Waals surface area (Å²) in [5.41, 5.74) is 0.769. The monoisotopic (exact) mass is 433 g/mol. The van der Waals surface area contributed by atoms with E-state index in [4.69, 9.17) is 0 Å². The molecular formula is C19H17BrFN3O3. The molecule has 8 heteroatoms. The fraction of sp³-hybridized carbons (Fsp3) is 0.211. The third kappa shape index (κ3) is 4.71. The van der Waals surface area contributed by atoms with Crippen molar-refractivity contribution in [3.05, 3.63) is 58.8 Å². The van der Waals surface area contributed by atoms with E-state index in [2.05, 4.69) is 26.6 Å². The van der Waals surface area contributed by atoms with Gasteiger partial charge in [-0.05, 0) is 30.3 Å². The van der Waals surface area contributed by atoms with Gasteiger partial charge in [0.1, 0.15) is 5.82 Å². The summed E-state index contributed by atoms with van der Waals surface area (Å²) < 4.78 is 14.3. The van der Waals surface area contributed by atoms with Crippen LogP contribution in [-0.4, -0.2) is 30.8 Å². The molecule has 1 aliphatic heterocycles. The number of anilines is 2. The standard InChI is InChI=1S/C19H17BrFN3O3/c20-13-6-7-16(15(21)9-13)23-17(25)10-22-19(27)12-8-18(26)24(11-12)14-4-2-1-3-5-14/h1-7,9,12H,8,10-11H2,(H,22,27)(H,23,25)/t12-/m0/s1. The molecule has 3 rings (SSSR count). The van der Waals surface area contributed by atoms with E-state index in [0.29, 0.717) is 4.47 Å². The number of hydrogen-bond acceptors (Lipinski definition) is 3. The van der Waals surface area contributed by atoms with Crippen LogP contribution in [0.15, 0.2) is 53.0 Å². The first-order valence-corrected chi connectivity index (χ1v) is 9.11. The van der Waals surface area contributed by atoms with Gasteiger partial charge in [0, 0.05) is 23.1 Å². The van der Waals surface area contributed by atoms with Crippen molar-refractivity contribution in [1.29, 1.82) is 0 Å². The molecule has 0 saturated carbocycles. The van der Waals surface area contributed by atoms with Crippen molar-refractivity contribution >= 4 is 45.0 Å². The average Bonchev–Trinajstić information content (AvgIpc) is 3.04. The van der Waals surface area contributed by atoms with Gasteiger partial charge in [0.05, 0.1) is 18.2 Å². The third-order valence-corrected chi connectivity index (χ3v) is 4.69. The molecule has 0 aromatic heterocycles. The summed E-state index contributed by atoms with van der Waals surface area (Å²) in [6.07, 6.45) is 0.0870. The maximum absolute atomic E-state index is 13.7. The molecule has 1 atom stereocenters. The van der Waals surface area contributed by atoms with Crippen molar-refractivity contribution in [3.63, 3.8) is 0 Å². The van der Waals surface area contributed by atoms with Crippen molar-refractivity contribution in [3.8, 4) is 0 Å². The molecule has 0 radical (unpaired) electrons. The second-order valence-corrected chi connectivity index (χ2v) is 7.05. The molecule has 6 nitrogen and oxygen atoms in total. The molecule has 1 aliphatic rings. The van der Waals surface area contributed by atoms with Crippen LogP contribution in [0.2, 0.25) is 0 Å². The van der Waals surface area contributed by atoms with Gasteiger partial charge in [-0.15, -0.1) is 0 Å². The average molecular weight is 434 g/mol. The number of nitrogens with zero attached hydrogens (tertiary/aromatic N) is 1. The maximum Gasteiger partial charge on any atom is 0.243 e. The van der Waals surface area contributed by atoms with Crippen LogP contribution in [0.4, 0.5) is 15.8 Å². The summed E-state index contributed by atoms with van der Waals surface area (Å²) in [6, 6.07) is 13.4. The molecule has 1 fully saturated rings. The summed E-state index contributed by atoms with van der Waals surface area (Å²) in [4.78, 5) is 37.9. The largest absolute Gasteiger partial charge is 0.347 e. The molecule has 3 amide bonds. The molecule has 140 valence electrons. The van der Waals surface area contributed by atoms with Crippen molar-refractivity contribution in [1.82, 2.24) is 5.32 Å². The van der Waals surface area contributed by atoms with E-state index in [1.807, 2.05) is 18.2 Å². The summed E-state index contributed by atoms with van der Waals surface area (Å²) in [5, 5.41) is 4.91. The van der Waals surface area contributed by atoms with E-state index in [1.54, 1.807) is 23.1 Å². The highest BCUT2D eigenvalue weighted by Crippen LogP contribution is 2.25. The van der Waals surface area contributed by atoms with E-state index in [0.717, 1.165) is 5.69 Å². The minimum atomic E-state index is -0.580. The predicted molar refractivity (Wildman–Crippen MR) is 103 cm³/mol. The SMILES string of the molecule is O=C(CNC(=O)[C@H]1CC(=O)N(c2ccccc2)C1)Nc1ccc(Br)cc1F. The first-order chi connectivity index (χ1) is 12.9. The molecule has 27 heavy (non-hydrogen) atoms. The summed E-state index contributed by atoms with van der Waals surface area (Å²) >= 11 is 3.14. The highest BCUT2D eigenvalue weighted by atomic mass is 79.9. The van der Waals surface area contributed by atoms with Crippen LogP contribution in [0.3, 0.4) is 0 Å². The Morgan fingerprint density at radius 1 is 1.19 bits per heavy atom. The zero-order chi connectivity index (χ0) is 19.4. The Kier molecular flexibility index (Phi) is 5.85. The molecule has 1 saturated heterocycles. The van der Waals surface area contributed by atoms with Gasteiger partial charge in [-0.25, -0.2) is 4.39 Å².